The maximum atomic E-state index is 13.4. The normalized spacial score (nSPS) is 11.4. The molecule has 0 aliphatic heterocycles. The predicted molar refractivity (Wildman–Crippen MR) is 92.3 cm³/mol. The van der Waals surface area contributed by atoms with E-state index in [1.165, 1.54) is 10.9 Å². The van der Waals surface area contributed by atoms with Crippen LogP contribution in [0.15, 0.2) is 36.7 Å². The van der Waals surface area contributed by atoms with Crippen LogP contribution in [0, 0.1) is 12.7 Å². The van der Waals surface area contributed by atoms with Gasteiger partial charge in [-0.1, -0.05) is 23.2 Å². The van der Waals surface area contributed by atoms with E-state index in [1.807, 2.05) is 0 Å². The van der Waals surface area contributed by atoms with Gasteiger partial charge in [-0.3, -0.25) is 0 Å². The molecule has 0 bridgehead atoms. The van der Waals surface area contributed by atoms with Gasteiger partial charge in [0.2, 0.25) is 5.82 Å². The monoisotopic (exact) mass is 376 g/mol. The molecule has 0 saturated carbocycles. The van der Waals surface area contributed by atoms with E-state index < -0.39 is 0 Å². The van der Waals surface area contributed by atoms with E-state index in [2.05, 4.69) is 20.4 Å². The summed E-state index contributed by atoms with van der Waals surface area (Å²) in [5.41, 5.74) is 2.55. The Morgan fingerprint density at radius 3 is 2.80 bits per heavy atom. The Kier molecular flexibility index (Phi) is 3.89. The van der Waals surface area contributed by atoms with Crippen LogP contribution in [0.4, 0.5) is 4.39 Å². The Morgan fingerprint density at radius 1 is 1.16 bits per heavy atom. The molecule has 0 aliphatic carbocycles. The minimum absolute atomic E-state index is 0.267. The first-order valence-electron chi connectivity index (χ1n) is 7.36. The number of hydrogen-bond acceptors (Lipinski definition) is 4. The van der Waals surface area contributed by atoms with Gasteiger partial charge in [-0.25, -0.2) is 9.37 Å². The lowest BCUT2D eigenvalue weighted by Gasteiger charge is -1.98. The minimum atomic E-state index is -0.267. The second-order valence-corrected chi connectivity index (χ2v) is 6.42. The molecular formula is C16H11Cl2FN6. The third-order valence-electron chi connectivity index (χ3n) is 3.70. The van der Waals surface area contributed by atoms with Crippen molar-refractivity contribution in [2.24, 2.45) is 0 Å². The maximum absolute atomic E-state index is 13.4. The summed E-state index contributed by atoms with van der Waals surface area (Å²) in [6.07, 6.45) is 3.53. The van der Waals surface area contributed by atoms with Crippen molar-refractivity contribution >= 4 is 28.8 Å². The summed E-state index contributed by atoms with van der Waals surface area (Å²) in [6.45, 7) is 2.01. The highest BCUT2D eigenvalue weighted by Gasteiger charge is 2.11. The maximum Gasteiger partial charge on any atom is 0.204 e. The smallest absolute Gasteiger partial charge is 0.204 e. The number of fused-ring (bicyclic) bond motifs is 1. The highest BCUT2D eigenvalue weighted by molar-refractivity contribution is 6.36. The van der Waals surface area contributed by atoms with E-state index in [0.717, 1.165) is 0 Å². The molecule has 0 aliphatic rings. The molecule has 1 aromatic carbocycles. The summed E-state index contributed by atoms with van der Waals surface area (Å²) in [6, 6.07) is 6.33. The van der Waals surface area contributed by atoms with Gasteiger partial charge in [-0.05, 0) is 42.0 Å². The van der Waals surface area contributed by atoms with Gasteiger partial charge in [-0.15, -0.1) is 10.2 Å². The summed E-state index contributed by atoms with van der Waals surface area (Å²) in [7, 11) is 0. The topological polar surface area (TPSA) is 60.9 Å². The van der Waals surface area contributed by atoms with Crippen LogP contribution in [-0.2, 0) is 6.54 Å². The fourth-order valence-corrected chi connectivity index (χ4v) is 3.03. The molecule has 0 saturated heterocycles. The van der Waals surface area contributed by atoms with Gasteiger partial charge in [0, 0.05) is 18.0 Å². The number of pyridine rings is 1. The lowest BCUT2D eigenvalue weighted by atomic mass is 10.1. The number of hydrogen-bond donors (Lipinski definition) is 0. The van der Waals surface area contributed by atoms with Crippen LogP contribution in [0.3, 0.4) is 0 Å². The van der Waals surface area contributed by atoms with Crippen LogP contribution in [-0.4, -0.2) is 29.6 Å². The summed E-state index contributed by atoms with van der Waals surface area (Å²) >= 11 is 12.1. The second kappa shape index (κ2) is 6.09. The zero-order valence-corrected chi connectivity index (χ0v) is 14.5. The molecule has 4 aromatic rings. The second-order valence-electron chi connectivity index (χ2n) is 5.58. The van der Waals surface area contributed by atoms with Gasteiger partial charge in [0.25, 0.3) is 0 Å². The van der Waals surface area contributed by atoms with Crippen LogP contribution in [0.1, 0.15) is 11.3 Å². The summed E-state index contributed by atoms with van der Waals surface area (Å²) in [4.78, 5) is 5.87. The number of benzene rings is 1. The van der Waals surface area contributed by atoms with Gasteiger partial charge < -0.3 is 4.40 Å². The van der Waals surface area contributed by atoms with Crippen molar-refractivity contribution in [2.45, 2.75) is 13.5 Å². The Morgan fingerprint density at radius 2 is 2.00 bits per heavy atom. The van der Waals surface area contributed by atoms with E-state index in [-0.39, 0.29) is 5.82 Å². The van der Waals surface area contributed by atoms with Crippen molar-refractivity contribution in [1.82, 2.24) is 29.6 Å². The average Bonchev–Trinajstić information content (AvgIpc) is 3.17. The Balaban J connectivity index is 1.62. The highest BCUT2D eigenvalue weighted by Crippen LogP contribution is 2.22. The largest absolute Gasteiger partial charge is 0.304 e. The number of nitrogens with zero attached hydrogens (tertiary/aromatic N) is 6. The van der Waals surface area contributed by atoms with Crippen LogP contribution >= 0.6 is 23.2 Å². The molecule has 0 amide bonds. The Bertz CT molecular complexity index is 1090. The zero-order chi connectivity index (χ0) is 17.6. The highest BCUT2D eigenvalue weighted by atomic mass is 35.5. The first-order chi connectivity index (χ1) is 12.0. The third kappa shape index (κ3) is 3.08. The molecule has 6 nitrogen and oxygen atoms in total. The average molecular weight is 377 g/mol. The molecule has 0 radical (unpaired) electrons. The number of rotatable bonds is 3. The minimum Gasteiger partial charge on any atom is -0.304 e. The first-order valence-corrected chi connectivity index (χ1v) is 8.12. The van der Waals surface area contributed by atoms with Crippen molar-refractivity contribution in [3.05, 3.63) is 63.8 Å². The van der Waals surface area contributed by atoms with Gasteiger partial charge in [0.1, 0.15) is 12.4 Å². The van der Waals surface area contributed by atoms with E-state index in [0.29, 0.717) is 44.9 Å². The van der Waals surface area contributed by atoms with Gasteiger partial charge in [0.15, 0.2) is 5.65 Å². The number of tetrazole rings is 1. The molecule has 126 valence electrons. The first kappa shape index (κ1) is 16.0. The molecule has 3 aromatic heterocycles. The molecule has 9 heteroatoms. The molecule has 0 fully saturated rings. The summed E-state index contributed by atoms with van der Waals surface area (Å²) < 4.78 is 15.1. The van der Waals surface area contributed by atoms with Gasteiger partial charge >= 0.3 is 0 Å². The number of aromatic nitrogens is 6. The zero-order valence-electron chi connectivity index (χ0n) is 13.0. The van der Waals surface area contributed by atoms with E-state index in [4.69, 9.17) is 23.2 Å². The van der Waals surface area contributed by atoms with Crippen molar-refractivity contribution in [1.29, 1.82) is 0 Å². The molecule has 0 N–H and O–H groups in total. The van der Waals surface area contributed by atoms with Crippen molar-refractivity contribution in [3.63, 3.8) is 0 Å². The Hall–Kier alpha value is -2.51. The van der Waals surface area contributed by atoms with Gasteiger partial charge in [-0.2, -0.15) is 4.80 Å². The van der Waals surface area contributed by atoms with Gasteiger partial charge in [0.05, 0.1) is 15.7 Å². The molecule has 4 rings (SSSR count). The lowest BCUT2D eigenvalue weighted by Crippen LogP contribution is -2.04. The lowest BCUT2D eigenvalue weighted by molar-refractivity contribution is 0.566. The van der Waals surface area contributed by atoms with Crippen molar-refractivity contribution in [3.8, 4) is 11.4 Å². The fraction of sp³-hybridized carbons (Fsp3) is 0.125. The van der Waals surface area contributed by atoms with E-state index in [1.54, 1.807) is 41.9 Å². The molecule has 0 spiro atoms. The van der Waals surface area contributed by atoms with Crippen LogP contribution < -0.4 is 0 Å². The number of imidazole rings is 1. The van der Waals surface area contributed by atoms with Crippen LogP contribution in [0.2, 0.25) is 10.0 Å². The predicted octanol–water partition coefficient (Wildman–Crippen LogP) is 3.79. The molecule has 25 heavy (non-hydrogen) atoms. The van der Waals surface area contributed by atoms with Crippen molar-refractivity contribution < 1.29 is 4.39 Å². The summed E-state index contributed by atoms with van der Waals surface area (Å²) in [5, 5.41) is 13.3. The van der Waals surface area contributed by atoms with Crippen LogP contribution in [0.25, 0.3) is 17.0 Å². The molecule has 0 unspecified atom stereocenters. The number of halogens is 3. The van der Waals surface area contributed by atoms with E-state index in [9.17, 15) is 4.39 Å². The van der Waals surface area contributed by atoms with Crippen molar-refractivity contribution in [2.75, 3.05) is 0 Å². The SMILES string of the molecule is Cc1cc(-c2nnn(Cc3cn4cc(Cl)cc(Cl)c4n3)n2)ccc1F. The third-order valence-corrected chi connectivity index (χ3v) is 4.18. The molecule has 0 atom stereocenters. The van der Waals surface area contributed by atoms with E-state index >= 15 is 0 Å². The Labute approximate surface area is 151 Å². The standard InChI is InChI=1S/C16H11Cl2FN6/c1-9-4-10(2-3-14(9)19)15-21-23-25(22-15)8-12-7-24-6-11(17)5-13(18)16(24)20-12/h2-7H,8H2,1H3. The quantitative estimate of drug-likeness (QED) is 0.545. The molecule has 3 heterocycles. The molecular weight excluding hydrogens is 366 g/mol. The number of aryl methyl sites for hydroxylation is 1. The van der Waals surface area contributed by atoms with Crippen LogP contribution in [0.5, 0.6) is 0 Å². The fourth-order valence-electron chi connectivity index (χ4n) is 2.51. The summed E-state index contributed by atoms with van der Waals surface area (Å²) in [5.74, 6) is 0.157.